The van der Waals surface area contributed by atoms with Crippen molar-refractivity contribution < 1.29 is 22.6 Å². The first-order chi connectivity index (χ1) is 19.8. The zero-order valence-electron chi connectivity index (χ0n) is 22.1. The number of nitrogens with zero attached hydrogens (tertiary/aromatic N) is 5. The summed E-state index contributed by atoms with van der Waals surface area (Å²) in [5.74, 6) is -0.709. The van der Waals surface area contributed by atoms with E-state index in [2.05, 4.69) is 14.9 Å². The highest BCUT2D eigenvalue weighted by atomic mass is 35.5. The number of alkyl halides is 1. The summed E-state index contributed by atoms with van der Waals surface area (Å²) in [5.41, 5.74) is 6.06. The summed E-state index contributed by atoms with van der Waals surface area (Å²) < 4.78 is 57.5. The smallest absolute Gasteiger partial charge is 0.319 e. The normalized spacial score (nSPS) is 23.4. The zero-order chi connectivity index (χ0) is 28.3. The molecule has 0 radical (unpaired) electrons. The monoisotopic (exact) mass is 604 g/mol. The quantitative estimate of drug-likeness (QED) is 0.315. The van der Waals surface area contributed by atoms with Crippen LogP contribution in [0, 0.1) is 11.6 Å². The van der Waals surface area contributed by atoms with E-state index in [4.69, 9.17) is 31.8 Å². The average Bonchev–Trinajstić information content (AvgIpc) is 3.52. The second-order valence-electron chi connectivity index (χ2n) is 10.9. The molecule has 2 aromatic heterocycles. The predicted octanol–water partition coefficient (Wildman–Crippen LogP) is 5.60. The highest BCUT2D eigenvalue weighted by molar-refractivity contribution is 7.22. The molecule has 2 N–H and O–H groups in total. The largest absolute Gasteiger partial charge is 0.461 e. The van der Waals surface area contributed by atoms with Gasteiger partial charge in [0.15, 0.2) is 10.9 Å². The van der Waals surface area contributed by atoms with Gasteiger partial charge in [-0.1, -0.05) is 22.9 Å². The molecule has 13 heteroatoms. The molecule has 0 aliphatic carbocycles. The summed E-state index contributed by atoms with van der Waals surface area (Å²) in [6.45, 7) is 3.72. The number of hydrogen-bond donors (Lipinski definition) is 1. The summed E-state index contributed by atoms with van der Waals surface area (Å²) >= 11 is 7.72. The van der Waals surface area contributed by atoms with Crippen molar-refractivity contribution in [3.63, 3.8) is 0 Å². The molecule has 7 rings (SSSR count). The molecular formula is C28H28ClF3N6O2S. The van der Waals surface area contributed by atoms with Crippen molar-refractivity contribution >= 4 is 55.0 Å². The lowest BCUT2D eigenvalue weighted by Gasteiger charge is -2.31. The number of hydrogen-bond acceptors (Lipinski definition) is 9. The van der Waals surface area contributed by atoms with E-state index in [0.29, 0.717) is 56.0 Å². The van der Waals surface area contributed by atoms with E-state index in [1.165, 1.54) is 12.1 Å². The van der Waals surface area contributed by atoms with E-state index < -0.39 is 23.3 Å². The molecule has 1 unspecified atom stereocenters. The first-order valence-corrected chi connectivity index (χ1v) is 14.9. The van der Waals surface area contributed by atoms with Crippen LogP contribution in [-0.2, 0) is 4.74 Å². The molecule has 4 aromatic rings. The fourth-order valence-electron chi connectivity index (χ4n) is 6.51. The number of nitrogens with two attached hydrogens (primary N) is 1. The molecule has 2 atom stereocenters. The van der Waals surface area contributed by atoms with Crippen molar-refractivity contribution in [2.24, 2.45) is 0 Å². The Morgan fingerprint density at radius 2 is 2.00 bits per heavy atom. The first-order valence-electron chi connectivity index (χ1n) is 13.7. The second kappa shape index (κ2) is 10.4. The van der Waals surface area contributed by atoms with Gasteiger partial charge >= 0.3 is 6.01 Å². The van der Waals surface area contributed by atoms with Gasteiger partial charge in [0.1, 0.15) is 29.9 Å². The number of aromatic nitrogens is 3. The van der Waals surface area contributed by atoms with Crippen LogP contribution in [0.2, 0.25) is 5.02 Å². The van der Waals surface area contributed by atoms with Gasteiger partial charge in [-0.05, 0) is 44.0 Å². The van der Waals surface area contributed by atoms with Crippen molar-refractivity contribution in [1.82, 2.24) is 19.9 Å². The van der Waals surface area contributed by atoms with Crippen LogP contribution in [0.25, 0.3) is 32.2 Å². The summed E-state index contributed by atoms with van der Waals surface area (Å²) in [4.78, 5) is 17.7. The molecule has 3 fully saturated rings. The Bertz CT molecular complexity index is 1650. The van der Waals surface area contributed by atoms with Gasteiger partial charge in [0, 0.05) is 49.2 Å². The maximum atomic E-state index is 16.6. The van der Waals surface area contributed by atoms with Crippen LogP contribution in [0.4, 0.5) is 24.1 Å². The number of fused-ring (bicyclic) bond motifs is 3. The SMILES string of the molecule is Nc1nc2c(-c3c(Cl)cc4c(N5CCCOCC5)nc(OCC56CCCN5C[C@H](F)C6)nc4c3F)ccc(F)c2s1. The summed E-state index contributed by atoms with van der Waals surface area (Å²) in [7, 11) is 0. The van der Waals surface area contributed by atoms with E-state index >= 15 is 4.39 Å². The van der Waals surface area contributed by atoms with Crippen molar-refractivity contribution in [2.45, 2.75) is 37.4 Å². The lowest BCUT2D eigenvalue weighted by atomic mass is 9.95. The number of rotatable bonds is 5. The van der Waals surface area contributed by atoms with E-state index in [1.54, 1.807) is 6.07 Å². The highest BCUT2D eigenvalue weighted by Crippen LogP contribution is 2.44. The Balaban J connectivity index is 1.37. The summed E-state index contributed by atoms with van der Waals surface area (Å²) in [5, 5.41) is 0.696. The molecular weight excluding hydrogens is 577 g/mol. The maximum Gasteiger partial charge on any atom is 0.319 e. The number of benzene rings is 2. The Hall–Kier alpha value is -2.93. The molecule has 3 aliphatic rings. The summed E-state index contributed by atoms with van der Waals surface area (Å²) in [6, 6.07) is 4.34. The minimum absolute atomic E-state index is 0.00975. The van der Waals surface area contributed by atoms with E-state index in [0.717, 1.165) is 37.1 Å². The Kier molecular flexibility index (Phi) is 6.84. The van der Waals surface area contributed by atoms with E-state index in [-0.39, 0.29) is 44.1 Å². The Labute approximate surface area is 243 Å². The minimum atomic E-state index is -0.904. The predicted molar refractivity (Wildman–Crippen MR) is 154 cm³/mol. The third-order valence-electron chi connectivity index (χ3n) is 8.38. The van der Waals surface area contributed by atoms with Gasteiger partial charge in [-0.15, -0.1) is 0 Å². The van der Waals surface area contributed by atoms with Gasteiger partial charge in [-0.3, -0.25) is 4.90 Å². The van der Waals surface area contributed by atoms with Gasteiger partial charge in [-0.2, -0.15) is 9.97 Å². The van der Waals surface area contributed by atoms with Crippen LogP contribution in [0.15, 0.2) is 18.2 Å². The molecule has 0 saturated carbocycles. The van der Waals surface area contributed by atoms with Crippen LogP contribution in [0.1, 0.15) is 25.7 Å². The fraction of sp³-hybridized carbons (Fsp3) is 0.464. The van der Waals surface area contributed by atoms with E-state index in [9.17, 15) is 8.78 Å². The minimum Gasteiger partial charge on any atom is -0.461 e. The van der Waals surface area contributed by atoms with Gasteiger partial charge in [0.2, 0.25) is 0 Å². The van der Waals surface area contributed by atoms with Gasteiger partial charge in [0.05, 0.1) is 27.4 Å². The third kappa shape index (κ3) is 4.65. The molecule has 41 heavy (non-hydrogen) atoms. The molecule has 0 amide bonds. The molecule has 0 bridgehead atoms. The number of anilines is 2. The van der Waals surface area contributed by atoms with Crippen LogP contribution < -0.4 is 15.4 Å². The lowest BCUT2D eigenvalue weighted by molar-refractivity contribution is 0.107. The third-order valence-corrected chi connectivity index (χ3v) is 9.57. The molecule has 0 spiro atoms. The van der Waals surface area contributed by atoms with Gasteiger partial charge < -0.3 is 20.1 Å². The van der Waals surface area contributed by atoms with Crippen LogP contribution in [-0.4, -0.2) is 77.6 Å². The van der Waals surface area contributed by atoms with Crippen LogP contribution >= 0.6 is 22.9 Å². The van der Waals surface area contributed by atoms with Crippen LogP contribution in [0.5, 0.6) is 6.01 Å². The number of thiazole rings is 1. The Morgan fingerprint density at radius 3 is 2.88 bits per heavy atom. The van der Waals surface area contributed by atoms with Gasteiger partial charge in [-0.25, -0.2) is 18.2 Å². The van der Waals surface area contributed by atoms with Gasteiger partial charge in [0.25, 0.3) is 0 Å². The average molecular weight is 605 g/mol. The van der Waals surface area contributed by atoms with Crippen molar-refractivity contribution in [1.29, 1.82) is 0 Å². The topological polar surface area (TPSA) is 89.6 Å². The number of nitrogen functional groups attached to an aromatic ring is 1. The standard InChI is InChI=1S/C28H28ClF3N6O2S/c29-18-11-17-22(21(32)20(18)16-3-4-19(31)24-23(16)34-26(33)41-24)35-27(36-25(17)37-6-2-9-39-10-8-37)40-14-28-5-1-7-38(28)13-15(30)12-28/h3-4,11,15H,1-2,5-10,12-14H2,(H2,33,34)/t15-,28?/m1/s1. The highest BCUT2D eigenvalue weighted by Gasteiger charge is 2.49. The number of halogens is 4. The van der Waals surface area contributed by atoms with E-state index in [1.807, 2.05) is 4.90 Å². The molecule has 2 aromatic carbocycles. The maximum absolute atomic E-state index is 16.6. The Morgan fingerprint density at radius 1 is 1.12 bits per heavy atom. The molecule has 216 valence electrons. The van der Waals surface area contributed by atoms with Crippen LogP contribution in [0.3, 0.4) is 0 Å². The van der Waals surface area contributed by atoms with Crippen molar-refractivity contribution in [3.8, 4) is 17.1 Å². The molecule has 3 aliphatic heterocycles. The molecule has 5 heterocycles. The summed E-state index contributed by atoms with van der Waals surface area (Å²) in [6.07, 6.45) is 2.05. The molecule has 8 nitrogen and oxygen atoms in total. The zero-order valence-corrected chi connectivity index (χ0v) is 23.7. The number of ether oxygens (including phenoxy) is 2. The van der Waals surface area contributed by atoms with Crippen molar-refractivity contribution in [3.05, 3.63) is 34.9 Å². The van der Waals surface area contributed by atoms with Crippen molar-refractivity contribution in [2.75, 3.05) is 56.6 Å². The lowest BCUT2D eigenvalue weighted by Crippen LogP contribution is -2.43. The molecule has 3 saturated heterocycles. The fourth-order valence-corrected chi connectivity index (χ4v) is 7.57. The second-order valence-corrected chi connectivity index (χ2v) is 12.4. The first kappa shape index (κ1) is 26.9.